The van der Waals surface area contributed by atoms with Gasteiger partial charge in [0, 0.05) is 6.42 Å². The van der Waals surface area contributed by atoms with Crippen LogP contribution in [0.15, 0.2) is 0 Å². The van der Waals surface area contributed by atoms with Crippen molar-refractivity contribution < 1.29 is 9.90 Å². The van der Waals surface area contributed by atoms with Gasteiger partial charge in [-0.3, -0.25) is 4.79 Å². The van der Waals surface area contributed by atoms with Crippen molar-refractivity contribution in [1.29, 1.82) is 0 Å². The largest absolute Gasteiger partial charge is 0.395 e. The highest BCUT2D eigenvalue weighted by molar-refractivity contribution is 5.86. The topological polar surface area (TPSA) is 37.3 Å². The van der Waals surface area contributed by atoms with Gasteiger partial charge < -0.3 is 5.11 Å². The molecule has 2 nitrogen and oxygen atoms in total. The van der Waals surface area contributed by atoms with Gasteiger partial charge >= 0.3 is 0 Å². The third-order valence-electron chi connectivity index (χ3n) is 4.71. The molecule has 112 valence electrons. The first-order valence-electron chi connectivity index (χ1n) is 8.39. The Balaban J connectivity index is 1.99. The van der Waals surface area contributed by atoms with E-state index in [2.05, 4.69) is 6.92 Å². The van der Waals surface area contributed by atoms with Crippen molar-refractivity contribution in [2.24, 2.45) is 5.41 Å². The van der Waals surface area contributed by atoms with E-state index in [-0.39, 0.29) is 12.0 Å². The van der Waals surface area contributed by atoms with Crippen LogP contribution in [-0.2, 0) is 4.79 Å². The van der Waals surface area contributed by atoms with Crippen LogP contribution in [0, 0.1) is 5.41 Å². The Morgan fingerprint density at radius 2 is 1.58 bits per heavy atom. The second kappa shape index (κ2) is 9.52. The third kappa shape index (κ3) is 5.64. The van der Waals surface area contributed by atoms with Gasteiger partial charge in [-0.25, -0.2) is 0 Å². The first-order chi connectivity index (χ1) is 9.25. The van der Waals surface area contributed by atoms with E-state index in [4.69, 9.17) is 0 Å². The maximum absolute atomic E-state index is 11.8. The molecule has 0 aliphatic heterocycles. The van der Waals surface area contributed by atoms with Crippen LogP contribution in [0.2, 0.25) is 0 Å². The zero-order chi connectivity index (χ0) is 14.0. The molecule has 0 unspecified atom stereocenters. The SMILES string of the molecule is CCCCCCCCCCC[C@]1(CO)CCCC1=O. The summed E-state index contributed by atoms with van der Waals surface area (Å²) >= 11 is 0. The van der Waals surface area contributed by atoms with Crippen molar-refractivity contribution in [3.05, 3.63) is 0 Å². The molecule has 0 saturated heterocycles. The minimum atomic E-state index is -0.346. The van der Waals surface area contributed by atoms with Crippen LogP contribution < -0.4 is 0 Å². The summed E-state index contributed by atoms with van der Waals surface area (Å²) < 4.78 is 0. The molecule has 0 bridgehead atoms. The molecule has 1 rings (SSSR count). The van der Waals surface area contributed by atoms with Crippen molar-refractivity contribution in [2.75, 3.05) is 6.61 Å². The average Bonchev–Trinajstić information content (AvgIpc) is 2.79. The summed E-state index contributed by atoms with van der Waals surface area (Å²) in [5, 5.41) is 9.49. The van der Waals surface area contributed by atoms with Crippen LogP contribution in [0.25, 0.3) is 0 Å². The number of Topliss-reactive ketones (excluding diaryl/α,β-unsaturated/α-hetero) is 1. The van der Waals surface area contributed by atoms with E-state index in [9.17, 15) is 9.90 Å². The van der Waals surface area contributed by atoms with Crippen LogP contribution in [0.4, 0.5) is 0 Å². The Hall–Kier alpha value is -0.370. The first kappa shape index (κ1) is 16.7. The molecule has 0 amide bonds. The molecule has 1 saturated carbocycles. The minimum Gasteiger partial charge on any atom is -0.395 e. The minimum absolute atomic E-state index is 0.0723. The summed E-state index contributed by atoms with van der Waals surface area (Å²) in [4.78, 5) is 11.8. The van der Waals surface area contributed by atoms with E-state index < -0.39 is 0 Å². The standard InChI is InChI=1S/C17H32O2/c1-2-3-4-5-6-7-8-9-10-13-17(15-18)14-11-12-16(17)19/h18H,2-15H2,1H3/t17-/m1/s1. The Bertz CT molecular complexity index is 250. The normalized spacial score (nSPS) is 23.2. The summed E-state index contributed by atoms with van der Waals surface area (Å²) in [6, 6.07) is 0. The van der Waals surface area contributed by atoms with E-state index in [1.807, 2.05) is 0 Å². The number of aliphatic hydroxyl groups is 1. The molecular weight excluding hydrogens is 236 g/mol. The zero-order valence-corrected chi connectivity index (χ0v) is 12.8. The van der Waals surface area contributed by atoms with Crippen molar-refractivity contribution in [3.63, 3.8) is 0 Å². The third-order valence-corrected chi connectivity index (χ3v) is 4.71. The highest BCUT2D eigenvalue weighted by Crippen LogP contribution is 2.39. The Morgan fingerprint density at radius 1 is 1.00 bits per heavy atom. The number of unbranched alkanes of at least 4 members (excludes halogenated alkanes) is 8. The van der Waals surface area contributed by atoms with Crippen LogP contribution in [0.1, 0.15) is 90.4 Å². The molecule has 0 aromatic carbocycles. The molecule has 0 heterocycles. The Labute approximate surface area is 119 Å². The Kier molecular flexibility index (Phi) is 8.36. The number of carbonyl (C=O) groups excluding carboxylic acids is 1. The zero-order valence-electron chi connectivity index (χ0n) is 12.8. The predicted octanol–water partition coefficient (Wildman–Crippen LogP) is 4.64. The summed E-state index contributed by atoms with van der Waals surface area (Å²) in [6.07, 6.45) is 15.3. The smallest absolute Gasteiger partial charge is 0.141 e. The molecule has 19 heavy (non-hydrogen) atoms. The number of rotatable bonds is 11. The van der Waals surface area contributed by atoms with Crippen LogP contribution in [0.5, 0.6) is 0 Å². The molecule has 0 radical (unpaired) electrons. The van der Waals surface area contributed by atoms with E-state index in [0.717, 1.165) is 25.7 Å². The van der Waals surface area contributed by atoms with Gasteiger partial charge in [0.25, 0.3) is 0 Å². The summed E-state index contributed by atoms with van der Waals surface area (Å²) in [6.45, 7) is 2.32. The van der Waals surface area contributed by atoms with E-state index in [1.54, 1.807) is 0 Å². The highest BCUT2D eigenvalue weighted by Gasteiger charge is 2.40. The number of hydrogen-bond acceptors (Lipinski definition) is 2. The molecule has 1 aliphatic carbocycles. The lowest BCUT2D eigenvalue weighted by Gasteiger charge is -2.24. The molecule has 2 heteroatoms. The highest BCUT2D eigenvalue weighted by atomic mass is 16.3. The fourth-order valence-corrected chi connectivity index (χ4v) is 3.28. The van der Waals surface area contributed by atoms with Gasteiger partial charge in [0.15, 0.2) is 0 Å². The fourth-order valence-electron chi connectivity index (χ4n) is 3.28. The van der Waals surface area contributed by atoms with Crippen molar-refractivity contribution >= 4 is 5.78 Å². The van der Waals surface area contributed by atoms with Gasteiger partial charge in [0.05, 0.1) is 12.0 Å². The van der Waals surface area contributed by atoms with E-state index >= 15 is 0 Å². The van der Waals surface area contributed by atoms with Gasteiger partial charge in [-0.1, -0.05) is 64.7 Å². The van der Waals surface area contributed by atoms with Gasteiger partial charge in [0.1, 0.15) is 5.78 Å². The molecule has 1 N–H and O–H groups in total. The van der Waals surface area contributed by atoms with Crippen LogP contribution >= 0.6 is 0 Å². The van der Waals surface area contributed by atoms with E-state index in [1.165, 1.54) is 51.4 Å². The fraction of sp³-hybridized carbons (Fsp3) is 0.941. The maximum Gasteiger partial charge on any atom is 0.141 e. The van der Waals surface area contributed by atoms with E-state index in [0.29, 0.717) is 12.2 Å². The molecule has 1 fully saturated rings. The lowest BCUT2D eigenvalue weighted by Crippen LogP contribution is -2.29. The summed E-state index contributed by atoms with van der Waals surface area (Å²) in [5.74, 6) is 0.314. The maximum atomic E-state index is 11.8. The Morgan fingerprint density at radius 3 is 2.05 bits per heavy atom. The van der Waals surface area contributed by atoms with Gasteiger partial charge in [-0.2, -0.15) is 0 Å². The van der Waals surface area contributed by atoms with Gasteiger partial charge in [0.2, 0.25) is 0 Å². The lowest BCUT2D eigenvalue weighted by molar-refractivity contribution is -0.128. The second-order valence-electron chi connectivity index (χ2n) is 6.29. The molecular formula is C17H32O2. The first-order valence-corrected chi connectivity index (χ1v) is 8.39. The van der Waals surface area contributed by atoms with Crippen molar-refractivity contribution in [3.8, 4) is 0 Å². The lowest BCUT2D eigenvalue weighted by atomic mass is 9.81. The predicted molar refractivity (Wildman–Crippen MR) is 80.2 cm³/mol. The average molecular weight is 268 g/mol. The number of aliphatic hydroxyl groups excluding tert-OH is 1. The summed E-state index contributed by atoms with van der Waals surface area (Å²) in [5.41, 5.74) is -0.346. The van der Waals surface area contributed by atoms with Gasteiger partial charge in [-0.05, 0) is 19.3 Å². The molecule has 0 aromatic heterocycles. The van der Waals surface area contributed by atoms with Gasteiger partial charge in [-0.15, -0.1) is 0 Å². The quantitative estimate of drug-likeness (QED) is 0.554. The molecule has 0 spiro atoms. The monoisotopic (exact) mass is 268 g/mol. The molecule has 1 aliphatic rings. The number of ketones is 1. The number of hydrogen-bond donors (Lipinski definition) is 1. The van der Waals surface area contributed by atoms with Crippen LogP contribution in [-0.4, -0.2) is 17.5 Å². The summed E-state index contributed by atoms with van der Waals surface area (Å²) in [7, 11) is 0. The van der Waals surface area contributed by atoms with Crippen LogP contribution in [0.3, 0.4) is 0 Å². The molecule has 1 atom stereocenters. The second-order valence-corrected chi connectivity index (χ2v) is 6.29. The number of carbonyl (C=O) groups is 1. The molecule has 0 aromatic rings. The van der Waals surface area contributed by atoms with Crippen molar-refractivity contribution in [1.82, 2.24) is 0 Å². The van der Waals surface area contributed by atoms with Crippen molar-refractivity contribution in [2.45, 2.75) is 90.4 Å².